The van der Waals surface area contributed by atoms with E-state index in [4.69, 9.17) is 18.9 Å². The van der Waals surface area contributed by atoms with Crippen molar-refractivity contribution in [2.75, 3.05) is 13.9 Å². The van der Waals surface area contributed by atoms with Crippen molar-refractivity contribution in [3.63, 3.8) is 0 Å². The van der Waals surface area contributed by atoms with Gasteiger partial charge in [-0.25, -0.2) is 0 Å². The minimum absolute atomic E-state index is 0. The molecule has 0 spiro atoms. The van der Waals surface area contributed by atoms with Crippen LogP contribution >= 0.6 is 0 Å². The number of rotatable bonds is 11. The molecule has 1 heterocycles. The molecule has 0 aromatic rings. The maximum atomic E-state index is 13.0. The van der Waals surface area contributed by atoms with Crippen LogP contribution < -0.4 is 0 Å². The van der Waals surface area contributed by atoms with E-state index in [9.17, 15) is 32.3 Å². The summed E-state index contributed by atoms with van der Waals surface area (Å²) in [6.07, 6.45) is -6.20. The van der Waals surface area contributed by atoms with Crippen molar-refractivity contribution in [2.45, 2.75) is 121 Å². The van der Waals surface area contributed by atoms with Crippen molar-refractivity contribution >= 4 is 23.9 Å². The Bertz CT molecular complexity index is 962. The van der Waals surface area contributed by atoms with Gasteiger partial charge in [-0.15, -0.1) is 0 Å². The van der Waals surface area contributed by atoms with Gasteiger partial charge in [-0.1, -0.05) is 43.6 Å². The van der Waals surface area contributed by atoms with Crippen LogP contribution in [0.15, 0.2) is 0 Å². The van der Waals surface area contributed by atoms with E-state index in [0.717, 1.165) is 19.8 Å². The average molecular weight is 643 g/mol. The maximum Gasteiger partial charge on any atom is 0.425 e. The number of fused-ring (bicyclic) bond motifs is 2. The van der Waals surface area contributed by atoms with Gasteiger partial charge in [0.05, 0.1) is 30.3 Å². The van der Waals surface area contributed by atoms with Crippen LogP contribution in [0.4, 0.5) is 13.2 Å². The zero-order chi connectivity index (χ0) is 30.2. The second-order valence-corrected chi connectivity index (χ2v) is 12.5. The quantitative estimate of drug-likeness (QED) is 0.102. The Labute approximate surface area is 262 Å². The highest BCUT2D eigenvalue weighted by Gasteiger charge is 2.61. The Hall–Kier alpha value is -2.21. The van der Waals surface area contributed by atoms with Crippen molar-refractivity contribution in [1.29, 1.82) is 0 Å². The number of halogens is 3. The predicted molar refractivity (Wildman–Crippen MR) is 160 cm³/mol. The molecule has 260 valence electrons. The summed E-state index contributed by atoms with van der Waals surface area (Å²) >= 11 is 0. The molecule has 2 aliphatic carbocycles. The summed E-state index contributed by atoms with van der Waals surface area (Å²) in [6.45, 7) is 9.40. The lowest BCUT2D eigenvalue weighted by Crippen LogP contribution is -2.43. The molecule has 3 aliphatic rings. The number of esters is 4. The van der Waals surface area contributed by atoms with E-state index in [-0.39, 0.29) is 78.9 Å². The molecule has 1 saturated heterocycles. The van der Waals surface area contributed by atoms with Crippen LogP contribution in [-0.4, -0.2) is 61.8 Å². The Morgan fingerprint density at radius 1 is 1.00 bits per heavy atom. The fourth-order valence-corrected chi connectivity index (χ4v) is 6.83. The first-order valence-electron chi connectivity index (χ1n) is 13.8. The third-order valence-corrected chi connectivity index (χ3v) is 8.60. The molecule has 10 unspecified atom stereocenters. The van der Waals surface area contributed by atoms with Crippen LogP contribution in [0.5, 0.6) is 0 Å². The minimum atomic E-state index is -4.71. The van der Waals surface area contributed by atoms with Gasteiger partial charge in [-0.2, -0.15) is 13.2 Å². The summed E-state index contributed by atoms with van der Waals surface area (Å²) < 4.78 is 64.8. The number of cyclic esters (lactones) is 2. The SMILES string of the molecule is C.C.C.C.COCOC(CC(=O)OC(C)(C)C)C1CC2CC1C(C1C(=O)OC(=O)C1CC(C)C(=O)OC(C)C(F)(F)F)C2C. The van der Waals surface area contributed by atoms with Gasteiger partial charge in [0.1, 0.15) is 12.4 Å². The van der Waals surface area contributed by atoms with Crippen molar-refractivity contribution in [2.24, 2.45) is 47.3 Å². The number of alkyl halides is 3. The number of carbonyl (C=O) groups is 4. The van der Waals surface area contributed by atoms with Crippen LogP contribution in [0.25, 0.3) is 0 Å². The lowest BCUT2D eigenvalue weighted by Gasteiger charge is -2.40. The molecule has 12 heteroatoms. The Morgan fingerprint density at radius 2 is 1.59 bits per heavy atom. The normalized spacial score (nSPS) is 29.5. The Balaban J connectivity index is 0. The predicted octanol–water partition coefficient (Wildman–Crippen LogP) is 7.00. The zero-order valence-electron chi connectivity index (χ0n) is 24.1. The molecule has 2 saturated carbocycles. The monoisotopic (exact) mass is 642 g/mol. The van der Waals surface area contributed by atoms with Gasteiger partial charge in [0.15, 0.2) is 6.10 Å². The molecule has 0 N–H and O–H groups in total. The third kappa shape index (κ3) is 10.2. The second kappa shape index (κ2) is 16.9. The Kier molecular flexibility index (Phi) is 16.9. The fourth-order valence-electron chi connectivity index (χ4n) is 6.83. The fraction of sp³-hybridized carbons (Fsp3) is 0.875. The minimum Gasteiger partial charge on any atom is -0.460 e. The topological polar surface area (TPSA) is 114 Å². The van der Waals surface area contributed by atoms with E-state index >= 15 is 0 Å². The van der Waals surface area contributed by atoms with Gasteiger partial charge < -0.3 is 23.7 Å². The highest BCUT2D eigenvalue weighted by Crippen LogP contribution is 2.61. The summed E-state index contributed by atoms with van der Waals surface area (Å²) in [6, 6.07) is 0. The molecular formula is C32H57F3O9. The van der Waals surface area contributed by atoms with E-state index < -0.39 is 65.6 Å². The van der Waals surface area contributed by atoms with Crippen molar-refractivity contribution in [1.82, 2.24) is 0 Å². The molecule has 10 atom stereocenters. The van der Waals surface area contributed by atoms with Crippen LogP contribution in [-0.2, 0) is 42.9 Å². The van der Waals surface area contributed by atoms with Gasteiger partial charge in [0, 0.05) is 7.11 Å². The molecule has 2 bridgehead atoms. The molecular weight excluding hydrogens is 585 g/mol. The second-order valence-electron chi connectivity index (χ2n) is 12.5. The highest BCUT2D eigenvalue weighted by atomic mass is 19.4. The third-order valence-electron chi connectivity index (χ3n) is 8.60. The van der Waals surface area contributed by atoms with E-state index in [1.165, 1.54) is 14.0 Å². The summed E-state index contributed by atoms with van der Waals surface area (Å²) in [7, 11) is 1.47. The number of carbonyl (C=O) groups excluding carboxylic acids is 4. The lowest BCUT2D eigenvalue weighted by molar-refractivity contribution is -0.218. The van der Waals surface area contributed by atoms with E-state index in [0.29, 0.717) is 0 Å². The summed E-state index contributed by atoms with van der Waals surface area (Å²) in [5, 5.41) is 0. The first-order valence-corrected chi connectivity index (χ1v) is 13.8. The largest absolute Gasteiger partial charge is 0.460 e. The number of ether oxygens (including phenoxy) is 5. The molecule has 3 rings (SSSR count). The molecule has 0 aromatic carbocycles. The van der Waals surface area contributed by atoms with Gasteiger partial charge in [-0.05, 0) is 76.5 Å². The number of hydrogen-bond donors (Lipinski definition) is 0. The highest BCUT2D eigenvalue weighted by molar-refractivity contribution is 5.97. The molecule has 3 fully saturated rings. The smallest absolute Gasteiger partial charge is 0.425 e. The summed E-state index contributed by atoms with van der Waals surface area (Å²) in [4.78, 5) is 50.9. The van der Waals surface area contributed by atoms with E-state index in [1.54, 1.807) is 20.8 Å². The molecule has 9 nitrogen and oxygen atoms in total. The molecule has 44 heavy (non-hydrogen) atoms. The Morgan fingerprint density at radius 3 is 2.09 bits per heavy atom. The van der Waals surface area contributed by atoms with Gasteiger partial charge in [-0.3, -0.25) is 19.2 Å². The molecule has 1 aliphatic heterocycles. The van der Waals surface area contributed by atoms with Crippen LogP contribution in [0.2, 0.25) is 0 Å². The van der Waals surface area contributed by atoms with E-state index in [2.05, 4.69) is 4.74 Å². The van der Waals surface area contributed by atoms with Crippen molar-refractivity contribution < 1.29 is 56.0 Å². The molecule has 0 aromatic heterocycles. The molecule has 0 radical (unpaired) electrons. The first kappa shape index (κ1) is 43.9. The van der Waals surface area contributed by atoms with Gasteiger partial charge in [0.2, 0.25) is 0 Å². The van der Waals surface area contributed by atoms with Gasteiger partial charge in [0.25, 0.3) is 0 Å². The summed E-state index contributed by atoms with van der Waals surface area (Å²) in [5.74, 6) is -6.15. The average Bonchev–Trinajstić information content (AvgIpc) is 3.46. The standard InChI is InChI=1S/C28H41F3O9.4CH4/c1-13(24(33)38-15(3)28(29,30)31)8-19-23(26(35)39-25(19)34)22-14(2)16-9-17(18(22)10-16)20(37-12-36-7)11-21(32)40-27(4,5)6;;;;/h13-20,22-23H,8-12H2,1-7H3;4*1H4. The van der Waals surface area contributed by atoms with Gasteiger partial charge >= 0.3 is 30.1 Å². The van der Waals surface area contributed by atoms with Crippen molar-refractivity contribution in [3.8, 4) is 0 Å². The maximum absolute atomic E-state index is 13.0. The van der Waals surface area contributed by atoms with Crippen LogP contribution in [0.1, 0.15) is 96.9 Å². The molecule has 0 amide bonds. The van der Waals surface area contributed by atoms with E-state index in [1.807, 2.05) is 6.92 Å². The zero-order valence-corrected chi connectivity index (χ0v) is 24.1. The number of methoxy groups -OCH3 is 1. The summed E-state index contributed by atoms with van der Waals surface area (Å²) in [5.41, 5.74) is -0.675. The van der Waals surface area contributed by atoms with Crippen LogP contribution in [0, 0.1) is 47.3 Å². The first-order chi connectivity index (χ1) is 18.4. The van der Waals surface area contributed by atoms with Crippen molar-refractivity contribution in [3.05, 3.63) is 0 Å². The van der Waals surface area contributed by atoms with Crippen LogP contribution in [0.3, 0.4) is 0 Å². The number of hydrogen-bond acceptors (Lipinski definition) is 9. The lowest BCUT2D eigenvalue weighted by atomic mass is 9.64.